The van der Waals surface area contributed by atoms with E-state index in [0.29, 0.717) is 6.42 Å². The van der Waals surface area contributed by atoms with E-state index in [9.17, 15) is 8.92 Å². The molecule has 0 aliphatic carbocycles. The summed E-state index contributed by atoms with van der Waals surface area (Å²) in [5.41, 5.74) is 0. The van der Waals surface area contributed by atoms with Crippen LogP contribution in [0.4, 0.5) is 0 Å². The van der Waals surface area contributed by atoms with Crippen LogP contribution in [0.1, 0.15) is 6.42 Å². The minimum atomic E-state index is -2.66. The Morgan fingerprint density at radius 1 is 0.867 bits per heavy atom. The SMILES string of the molecule is O=[Si](OCCCO[Si](=O)OO[Si])OO[Si]. The van der Waals surface area contributed by atoms with Crippen molar-refractivity contribution < 1.29 is 36.1 Å². The molecule has 82 valence electrons. The molecule has 0 saturated heterocycles. The number of rotatable bonds is 10. The van der Waals surface area contributed by atoms with E-state index in [1.54, 1.807) is 0 Å². The Morgan fingerprint density at radius 2 is 1.27 bits per heavy atom. The Labute approximate surface area is 95.5 Å². The lowest BCUT2D eigenvalue weighted by molar-refractivity contribution is -0.128. The molecule has 0 aromatic heterocycles. The second-order valence-electron chi connectivity index (χ2n) is 1.88. The van der Waals surface area contributed by atoms with Crippen molar-refractivity contribution in [1.29, 1.82) is 0 Å². The molecule has 8 nitrogen and oxygen atoms in total. The van der Waals surface area contributed by atoms with Gasteiger partial charge >= 0.3 is 39.3 Å². The molecule has 0 aliphatic rings. The van der Waals surface area contributed by atoms with E-state index in [1.807, 2.05) is 0 Å². The van der Waals surface area contributed by atoms with E-state index < -0.39 is 18.3 Å². The van der Waals surface area contributed by atoms with Crippen molar-refractivity contribution in [2.75, 3.05) is 13.2 Å². The Balaban J connectivity index is 3.24. The fourth-order valence-electron chi connectivity index (χ4n) is 0.486. The van der Waals surface area contributed by atoms with E-state index in [2.05, 4.69) is 48.1 Å². The van der Waals surface area contributed by atoms with E-state index >= 15 is 0 Å². The molecule has 0 fully saturated rings. The van der Waals surface area contributed by atoms with Gasteiger partial charge in [-0.1, -0.05) is 0 Å². The number of hydrogen-bond acceptors (Lipinski definition) is 8. The van der Waals surface area contributed by atoms with Crippen molar-refractivity contribution in [3.05, 3.63) is 0 Å². The predicted octanol–water partition coefficient (Wildman–Crippen LogP) is -1.70. The molecule has 0 atom stereocenters. The molecule has 0 unspecified atom stereocenters. The third kappa shape index (κ3) is 9.88. The first-order valence-electron chi connectivity index (χ1n) is 3.54. The molecular formula is C3H6O8Si4. The maximum absolute atomic E-state index is 10.7. The average Bonchev–Trinajstić information content (AvgIpc) is 2.18. The maximum atomic E-state index is 10.7. The first-order chi connectivity index (χ1) is 7.20. The quantitative estimate of drug-likeness (QED) is 0.203. The lowest BCUT2D eigenvalue weighted by Gasteiger charge is -2.04. The average molecular weight is 282 g/mol. The zero-order valence-corrected chi connectivity index (χ0v) is 11.4. The first kappa shape index (κ1) is 14.6. The molecular weight excluding hydrogens is 276 g/mol. The van der Waals surface area contributed by atoms with Gasteiger partial charge < -0.3 is 18.0 Å². The summed E-state index contributed by atoms with van der Waals surface area (Å²) >= 11 is 0. The van der Waals surface area contributed by atoms with Gasteiger partial charge in [-0.25, -0.2) is 0 Å². The lowest BCUT2D eigenvalue weighted by atomic mass is 10.5. The lowest BCUT2D eigenvalue weighted by Crippen LogP contribution is -2.16. The van der Waals surface area contributed by atoms with Crippen LogP contribution >= 0.6 is 0 Å². The molecule has 0 N–H and O–H groups in total. The second-order valence-corrected chi connectivity index (χ2v) is 4.13. The van der Waals surface area contributed by atoms with Crippen LogP contribution < -0.4 is 0 Å². The Kier molecular flexibility index (Phi) is 9.84. The van der Waals surface area contributed by atoms with Crippen LogP contribution in [0.3, 0.4) is 0 Å². The summed E-state index contributed by atoms with van der Waals surface area (Å²) in [6.07, 6.45) is 0.364. The summed E-state index contributed by atoms with van der Waals surface area (Å²) in [6.45, 7) is 0.217. The highest BCUT2D eigenvalue weighted by molar-refractivity contribution is 6.26. The molecule has 12 heteroatoms. The van der Waals surface area contributed by atoms with Gasteiger partial charge in [-0.3, -0.25) is 18.1 Å². The van der Waals surface area contributed by atoms with Gasteiger partial charge in [0.15, 0.2) is 0 Å². The van der Waals surface area contributed by atoms with E-state index in [1.165, 1.54) is 0 Å². The van der Waals surface area contributed by atoms with Gasteiger partial charge in [-0.2, -0.15) is 0 Å². The van der Waals surface area contributed by atoms with Crippen molar-refractivity contribution in [2.45, 2.75) is 6.42 Å². The molecule has 0 heterocycles. The summed E-state index contributed by atoms with van der Waals surface area (Å²) < 4.78 is 46.7. The van der Waals surface area contributed by atoms with Crippen molar-refractivity contribution in [2.24, 2.45) is 0 Å². The van der Waals surface area contributed by atoms with Crippen molar-refractivity contribution in [1.82, 2.24) is 0 Å². The molecule has 0 aliphatic heterocycles. The molecule has 0 bridgehead atoms. The monoisotopic (exact) mass is 282 g/mol. The van der Waals surface area contributed by atoms with E-state index in [0.717, 1.165) is 0 Å². The van der Waals surface area contributed by atoms with Crippen molar-refractivity contribution in [3.8, 4) is 0 Å². The smallest absolute Gasteiger partial charge is 0.495 e. The Hall–Kier alpha value is -0.412. The zero-order valence-electron chi connectivity index (χ0n) is 7.39. The van der Waals surface area contributed by atoms with Gasteiger partial charge in [0, 0.05) is 6.42 Å². The van der Waals surface area contributed by atoms with Crippen LogP contribution in [0.15, 0.2) is 0 Å². The normalized spacial score (nSPS) is 9.20. The Bertz CT molecular complexity index is 178. The maximum Gasteiger partial charge on any atom is 0.800 e. The van der Waals surface area contributed by atoms with Crippen LogP contribution in [0.25, 0.3) is 0 Å². The molecule has 6 radical (unpaired) electrons. The van der Waals surface area contributed by atoms with Crippen LogP contribution in [0.5, 0.6) is 0 Å². The van der Waals surface area contributed by atoms with Crippen LogP contribution in [-0.2, 0) is 36.1 Å². The largest absolute Gasteiger partial charge is 0.800 e. The third-order valence-electron chi connectivity index (χ3n) is 0.948. The van der Waals surface area contributed by atoms with Gasteiger partial charge in [0.1, 0.15) is 0 Å². The van der Waals surface area contributed by atoms with Crippen LogP contribution in [-0.4, -0.2) is 52.5 Å². The van der Waals surface area contributed by atoms with Gasteiger partial charge in [0.05, 0.1) is 13.2 Å². The zero-order chi connectivity index (χ0) is 11.5. The second kappa shape index (κ2) is 10.1. The fraction of sp³-hybridized carbons (Fsp3) is 1.00. The Morgan fingerprint density at radius 3 is 1.60 bits per heavy atom. The molecule has 0 amide bonds. The molecule has 0 saturated carbocycles. The summed E-state index contributed by atoms with van der Waals surface area (Å²) in [4.78, 5) is 0. The molecule has 0 aromatic carbocycles. The highest BCUT2D eigenvalue weighted by Crippen LogP contribution is 1.87. The number of hydrogen-bond donors (Lipinski definition) is 0. The summed E-state index contributed by atoms with van der Waals surface area (Å²) in [7, 11) is -0.361. The van der Waals surface area contributed by atoms with Gasteiger partial charge in [-0.15, -0.1) is 0 Å². The molecule has 0 rings (SSSR count). The summed E-state index contributed by atoms with van der Waals surface area (Å²) in [5, 5.41) is 0. The fourth-order valence-corrected chi connectivity index (χ4v) is 1.75. The van der Waals surface area contributed by atoms with Gasteiger partial charge in [0.25, 0.3) is 0 Å². The van der Waals surface area contributed by atoms with Gasteiger partial charge in [-0.05, 0) is 0 Å². The topological polar surface area (TPSA) is 89.5 Å². The van der Waals surface area contributed by atoms with E-state index in [-0.39, 0.29) is 13.2 Å². The third-order valence-corrected chi connectivity index (χ3v) is 2.77. The first-order valence-corrected chi connectivity index (χ1v) is 6.81. The molecule has 0 aromatic rings. The van der Waals surface area contributed by atoms with Crippen molar-refractivity contribution in [3.63, 3.8) is 0 Å². The standard InChI is InChI=1S/C3H6O8Si4/c4-14(10-8-12)6-2-1-3-7-15(5)11-9-13/h1-3H2. The summed E-state index contributed by atoms with van der Waals surface area (Å²) in [5.74, 6) is 0. The predicted molar refractivity (Wildman–Crippen MR) is 45.3 cm³/mol. The minimum Gasteiger partial charge on any atom is -0.495 e. The summed E-state index contributed by atoms with van der Waals surface area (Å²) in [6, 6.07) is 0. The van der Waals surface area contributed by atoms with Crippen molar-refractivity contribution >= 4 is 39.3 Å². The van der Waals surface area contributed by atoms with Crippen LogP contribution in [0, 0.1) is 0 Å². The highest BCUT2D eigenvalue weighted by Gasteiger charge is 2.13. The highest BCUT2D eigenvalue weighted by atomic mass is 28.3. The van der Waals surface area contributed by atoms with Crippen LogP contribution in [0.2, 0.25) is 0 Å². The molecule has 15 heavy (non-hydrogen) atoms. The minimum absolute atomic E-state index is 0.108. The van der Waals surface area contributed by atoms with Gasteiger partial charge in [0.2, 0.25) is 0 Å². The van der Waals surface area contributed by atoms with E-state index in [4.69, 9.17) is 0 Å². The molecule has 0 spiro atoms.